The van der Waals surface area contributed by atoms with Gasteiger partial charge in [0.1, 0.15) is 18.1 Å². The Bertz CT molecular complexity index is 1280. The zero-order valence-corrected chi connectivity index (χ0v) is 20.1. The van der Waals surface area contributed by atoms with Gasteiger partial charge in [-0.2, -0.15) is 0 Å². The molecule has 0 saturated carbocycles. The number of oxime groups is 1. The van der Waals surface area contributed by atoms with Gasteiger partial charge in [-0.15, -0.1) is 0 Å². The molecule has 1 aromatic heterocycles. The van der Waals surface area contributed by atoms with Crippen molar-refractivity contribution in [2.24, 2.45) is 5.16 Å². The summed E-state index contributed by atoms with van der Waals surface area (Å²) in [6, 6.07) is 26.9. The zero-order valence-electron chi connectivity index (χ0n) is 20.1. The Morgan fingerprint density at radius 2 is 1.64 bits per heavy atom. The van der Waals surface area contributed by atoms with Crippen LogP contribution in [-0.4, -0.2) is 28.4 Å². The zero-order chi connectivity index (χ0) is 25.2. The quantitative estimate of drug-likeness (QED) is 0.194. The lowest BCUT2D eigenvalue weighted by molar-refractivity contribution is -0.136. The minimum Gasteiger partial charge on any atom is -0.493 e. The number of aromatic nitrogens is 1. The lowest BCUT2D eigenvalue weighted by Crippen LogP contribution is -2.06. The molecule has 0 amide bonds. The lowest BCUT2D eigenvalue weighted by Gasteiger charge is -2.08. The van der Waals surface area contributed by atoms with E-state index in [-0.39, 0.29) is 13.0 Å². The molecular formula is C29H28N2O5. The van der Waals surface area contributed by atoms with Crippen LogP contribution >= 0.6 is 0 Å². The van der Waals surface area contributed by atoms with E-state index in [1.54, 1.807) is 0 Å². The van der Waals surface area contributed by atoms with Gasteiger partial charge in [0.05, 0.1) is 24.4 Å². The Hall–Kier alpha value is -4.39. The van der Waals surface area contributed by atoms with E-state index in [1.165, 1.54) is 0 Å². The summed E-state index contributed by atoms with van der Waals surface area (Å²) in [5.74, 6) is 1.29. The minimum absolute atomic E-state index is 0.00937. The maximum atomic E-state index is 11.0. The van der Waals surface area contributed by atoms with Gasteiger partial charge in [-0.05, 0) is 42.3 Å². The van der Waals surface area contributed by atoms with Crippen LogP contribution in [0.2, 0.25) is 0 Å². The molecule has 1 heterocycles. The summed E-state index contributed by atoms with van der Waals surface area (Å²) in [4.78, 5) is 21.1. The molecule has 4 aromatic rings. The highest BCUT2D eigenvalue weighted by Gasteiger charge is 2.11. The number of benzene rings is 3. The first kappa shape index (κ1) is 24.7. The molecule has 7 nitrogen and oxygen atoms in total. The number of aryl methyl sites for hydroxylation is 1. The van der Waals surface area contributed by atoms with Crippen molar-refractivity contribution in [3.8, 4) is 17.2 Å². The Labute approximate surface area is 210 Å². The van der Waals surface area contributed by atoms with E-state index in [0.717, 1.165) is 33.9 Å². The van der Waals surface area contributed by atoms with Crippen molar-refractivity contribution < 1.29 is 23.9 Å². The lowest BCUT2D eigenvalue weighted by atomic mass is 10.1. The van der Waals surface area contributed by atoms with Crippen LogP contribution in [0.4, 0.5) is 0 Å². The number of carboxylic acids is 1. The molecule has 0 unspecified atom stereocenters. The predicted molar refractivity (Wildman–Crippen MR) is 137 cm³/mol. The number of hydrogen-bond donors (Lipinski definition) is 1. The summed E-state index contributed by atoms with van der Waals surface area (Å²) < 4.78 is 11.7. The fourth-order valence-corrected chi connectivity index (χ4v) is 3.59. The maximum absolute atomic E-state index is 11.0. The first-order valence-corrected chi connectivity index (χ1v) is 11.8. The van der Waals surface area contributed by atoms with E-state index < -0.39 is 5.97 Å². The van der Waals surface area contributed by atoms with Gasteiger partial charge in [-0.3, -0.25) is 4.79 Å². The van der Waals surface area contributed by atoms with Gasteiger partial charge in [0.25, 0.3) is 0 Å². The van der Waals surface area contributed by atoms with Crippen LogP contribution in [0.25, 0.3) is 11.5 Å². The Morgan fingerprint density at radius 1 is 0.944 bits per heavy atom. The number of ether oxygens (including phenoxy) is 1. The Balaban J connectivity index is 1.28. The molecule has 0 atom stereocenters. The van der Waals surface area contributed by atoms with E-state index in [1.807, 2.05) is 91.9 Å². The second kappa shape index (κ2) is 12.4. The summed E-state index contributed by atoms with van der Waals surface area (Å²) in [6.07, 6.45) is 0.925. The third-order valence-corrected chi connectivity index (χ3v) is 5.53. The van der Waals surface area contributed by atoms with Crippen LogP contribution in [0.3, 0.4) is 0 Å². The van der Waals surface area contributed by atoms with Crippen molar-refractivity contribution in [3.63, 3.8) is 0 Å². The number of carbonyl (C=O) groups is 1. The van der Waals surface area contributed by atoms with Crippen LogP contribution in [0.5, 0.6) is 5.75 Å². The molecular weight excluding hydrogens is 456 g/mol. The molecule has 0 spiro atoms. The topological polar surface area (TPSA) is 94.2 Å². The molecule has 184 valence electrons. The third kappa shape index (κ3) is 7.06. The molecule has 0 aliphatic rings. The van der Waals surface area contributed by atoms with E-state index in [2.05, 4.69) is 10.1 Å². The molecule has 1 N–H and O–H groups in total. The molecule has 3 aromatic carbocycles. The number of hydrogen-bond acceptors (Lipinski definition) is 6. The number of rotatable bonds is 12. The molecule has 0 fully saturated rings. The maximum Gasteiger partial charge on any atom is 0.303 e. The highest BCUT2D eigenvalue weighted by atomic mass is 16.6. The van der Waals surface area contributed by atoms with Crippen LogP contribution in [0, 0.1) is 6.92 Å². The van der Waals surface area contributed by atoms with E-state index >= 15 is 0 Å². The second-order valence-electron chi connectivity index (χ2n) is 8.20. The van der Waals surface area contributed by atoms with Crippen LogP contribution in [-0.2, 0) is 22.7 Å². The fourth-order valence-electron chi connectivity index (χ4n) is 3.59. The minimum atomic E-state index is -0.871. The van der Waals surface area contributed by atoms with Crippen molar-refractivity contribution in [3.05, 3.63) is 108 Å². The SMILES string of the molecule is Cc1oc(-c2ccccc2)nc1CCOc1ccc(CON=C(CCC(=O)O)c2ccccc2)cc1. The Morgan fingerprint density at radius 3 is 2.33 bits per heavy atom. The average Bonchev–Trinajstić information content (AvgIpc) is 3.28. The third-order valence-electron chi connectivity index (χ3n) is 5.53. The summed E-state index contributed by atoms with van der Waals surface area (Å²) in [6.45, 7) is 2.66. The summed E-state index contributed by atoms with van der Waals surface area (Å²) >= 11 is 0. The van der Waals surface area contributed by atoms with Gasteiger partial charge in [0.15, 0.2) is 0 Å². The normalized spacial score (nSPS) is 11.3. The van der Waals surface area contributed by atoms with Gasteiger partial charge in [0, 0.05) is 18.4 Å². The van der Waals surface area contributed by atoms with Crippen molar-refractivity contribution in [1.82, 2.24) is 4.98 Å². The molecule has 0 aliphatic heterocycles. The molecule has 36 heavy (non-hydrogen) atoms. The summed E-state index contributed by atoms with van der Waals surface area (Å²) in [7, 11) is 0. The molecule has 0 bridgehead atoms. The average molecular weight is 485 g/mol. The van der Waals surface area contributed by atoms with E-state index in [0.29, 0.717) is 31.1 Å². The van der Waals surface area contributed by atoms with Gasteiger partial charge < -0.3 is 19.1 Å². The van der Waals surface area contributed by atoms with Crippen LogP contribution < -0.4 is 4.74 Å². The Kier molecular flexibility index (Phi) is 8.48. The molecule has 7 heteroatoms. The van der Waals surface area contributed by atoms with Gasteiger partial charge in [-0.25, -0.2) is 4.98 Å². The number of aliphatic carboxylic acids is 1. The van der Waals surface area contributed by atoms with Crippen molar-refractivity contribution >= 4 is 11.7 Å². The largest absolute Gasteiger partial charge is 0.493 e. The summed E-state index contributed by atoms with van der Waals surface area (Å²) in [5, 5.41) is 13.2. The second-order valence-corrected chi connectivity index (χ2v) is 8.20. The van der Waals surface area contributed by atoms with Crippen LogP contribution in [0.1, 0.15) is 35.4 Å². The monoisotopic (exact) mass is 484 g/mol. The highest BCUT2D eigenvalue weighted by Crippen LogP contribution is 2.22. The predicted octanol–water partition coefficient (Wildman–Crippen LogP) is 6.06. The van der Waals surface area contributed by atoms with Gasteiger partial charge in [0.2, 0.25) is 5.89 Å². The van der Waals surface area contributed by atoms with E-state index in [9.17, 15) is 4.79 Å². The number of carboxylic acid groups (broad SMARTS) is 1. The summed E-state index contributed by atoms with van der Waals surface area (Å²) in [5.41, 5.74) is 4.22. The smallest absolute Gasteiger partial charge is 0.303 e. The van der Waals surface area contributed by atoms with Crippen molar-refractivity contribution in [2.45, 2.75) is 32.8 Å². The van der Waals surface area contributed by atoms with Crippen molar-refractivity contribution in [2.75, 3.05) is 6.61 Å². The van der Waals surface area contributed by atoms with Gasteiger partial charge >= 0.3 is 5.97 Å². The molecule has 0 radical (unpaired) electrons. The van der Waals surface area contributed by atoms with Crippen LogP contribution in [0.15, 0.2) is 94.5 Å². The first-order chi connectivity index (χ1) is 17.6. The van der Waals surface area contributed by atoms with Crippen molar-refractivity contribution in [1.29, 1.82) is 0 Å². The molecule has 0 aliphatic carbocycles. The fraction of sp³-hybridized carbons (Fsp3) is 0.207. The first-order valence-electron chi connectivity index (χ1n) is 11.8. The van der Waals surface area contributed by atoms with Gasteiger partial charge in [-0.1, -0.05) is 65.8 Å². The standard InChI is InChI=1S/C29H28N2O5/c1-21-26(30-29(36-21)24-10-6-3-7-11-24)18-19-34-25-14-12-22(13-15-25)20-35-31-27(16-17-28(32)33)23-8-4-2-5-9-23/h2-15H,16-20H2,1H3,(H,32,33). The molecule has 4 rings (SSSR count). The molecule has 0 saturated heterocycles. The van der Waals surface area contributed by atoms with E-state index in [4.69, 9.17) is 19.1 Å². The number of nitrogens with zero attached hydrogens (tertiary/aromatic N) is 2. The highest BCUT2D eigenvalue weighted by molar-refractivity contribution is 6.01. The number of oxazole rings is 1.